The molecule has 0 saturated heterocycles. The summed E-state index contributed by atoms with van der Waals surface area (Å²) in [6, 6.07) is 3.48. The van der Waals surface area contributed by atoms with Crippen LogP contribution in [0.4, 0.5) is 15.8 Å². The molecule has 0 aliphatic rings. The molecule has 1 aromatic carbocycles. The van der Waals surface area contributed by atoms with E-state index in [0.717, 1.165) is 18.7 Å². The molecule has 0 aliphatic heterocycles. The number of hydrogen-bond acceptors (Lipinski definition) is 3. The summed E-state index contributed by atoms with van der Waals surface area (Å²) in [4.78, 5) is 2.15. The first kappa shape index (κ1) is 15.8. The van der Waals surface area contributed by atoms with E-state index in [1.165, 1.54) is 6.07 Å². The Labute approximate surface area is 116 Å². The van der Waals surface area contributed by atoms with Crippen LogP contribution in [0.1, 0.15) is 25.8 Å². The normalized spacial score (nSPS) is 13.1. The number of nitrogens with one attached hydrogen (secondary N) is 1. The molecule has 0 spiro atoms. The van der Waals surface area contributed by atoms with E-state index >= 15 is 0 Å². The van der Waals surface area contributed by atoms with Gasteiger partial charge in [-0.2, -0.15) is 0 Å². The number of likely N-dealkylation sites (N-methyl/N-ethyl adjacent to an activating group) is 1. The molecule has 4 heteroatoms. The Hall–Kier alpha value is -1.29. The molecule has 108 valence electrons. The van der Waals surface area contributed by atoms with Gasteiger partial charge < -0.3 is 16.0 Å². The van der Waals surface area contributed by atoms with Gasteiger partial charge in [-0.3, -0.25) is 0 Å². The zero-order valence-electron chi connectivity index (χ0n) is 12.6. The van der Waals surface area contributed by atoms with Crippen LogP contribution in [-0.4, -0.2) is 31.6 Å². The van der Waals surface area contributed by atoms with E-state index in [1.807, 2.05) is 14.1 Å². The van der Waals surface area contributed by atoms with Gasteiger partial charge in [0.2, 0.25) is 0 Å². The molecule has 1 unspecified atom stereocenters. The van der Waals surface area contributed by atoms with E-state index in [9.17, 15) is 4.39 Å². The molecule has 1 atom stereocenters. The van der Waals surface area contributed by atoms with Crippen LogP contribution in [0.25, 0.3) is 0 Å². The summed E-state index contributed by atoms with van der Waals surface area (Å²) in [7, 11) is 4.10. The number of benzene rings is 1. The summed E-state index contributed by atoms with van der Waals surface area (Å²) in [6.45, 7) is 7.07. The number of hydrogen-bond donors (Lipinski definition) is 2. The minimum Gasteiger partial charge on any atom is -0.397 e. The fourth-order valence-corrected chi connectivity index (χ4v) is 2.23. The average Bonchev–Trinajstić information content (AvgIpc) is 2.23. The van der Waals surface area contributed by atoms with Gasteiger partial charge in [-0.15, -0.1) is 0 Å². The first-order valence-electron chi connectivity index (χ1n) is 6.76. The molecule has 0 heterocycles. The predicted octanol–water partition coefficient (Wildman–Crippen LogP) is 3.10. The van der Waals surface area contributed by atoms with E-state index in [-0.39, 0.29) is 5.82 Å². The van der Waals surface area contributed by atoms with E-state index in [2.05, 4.69) is 24.1 Å². The Bertz CT molecular complexity index is 406. The second-order valence-electron chi connectivity index (χ2n) is 5.92. The van der Waals surface area contributed by atoms with Crippen LogP contribution in [0.2, 0.25) is 0 Å². The molecule has 0 aromatic heterocycles. The maximum Gasteiger partial charge on any atom is 0.128 e. The summed E-state index contributed by atoms with van der Waals surface area (Å²) >= 11 is 0. The molecular formula is C15H26FN3. The van der Waals surface area contributed by atoms with Crippen molar-refractivity contribution < 1.29 is 4.39 Å². The number of rotatable bonds is 6. The van der Waals surface area contributed by atoms with Gasteiger partial charge in [0.15, 0.2) is 0 Å². The third-order valence-electron chi connectivity index (χ3n) is 3.03. The third-order valence-corrected chi connectivity index (χ3v) is 3.03. The molecule has 0 aliphatic carbocycles. The van der Waals surface area contributed by atoms with Crippen LogP contribution in [0.5, 0.6) is 0 Å². The van der Waals surface area contributed by atoms with Crippen molar-refractivity contribution in [2.45, 2.75) is 33.2 Å². The lowest BCUT2D eigenvalue weighted by atomic mass is 10.0. The number of aryl methyl sites for hydroxylation is 1. The number of nitrogens with two attached hydrogens (primary N) is 1. The molecule has 3 nitrogen and oxygen atoms in total. The Morgan fingerprint density at radius 1 is 1.32 bits per heavy atom. The van der Waals surface area contributed by atoms with E-state index in [0.29, 0.717) is 23.2 Å². The molecule has 0 radical (unpaired) electrons. The average molecular weight is 267 g/mol. The van der Waals surface area contributed by atoms with Crippen molar-refractivity contribution in [2.24, 2.45) is 5.92 Å². The van der Waals surface area contributed by atoms with Crippen LogP contribution in [0.3, 0.4) is 0 Å². The molecule has 1 aromatic rings. The van der Waals surface area contributed by atoms with E-state index in [4.69, 9.17) is 5.73 Å². The largest absolute Gasteiger partial charge is 0.397 e. The van der Waals surface area contributed by atoms with Gasteiger partial charge in [0.1, 0.15) is 5.82 Å². The minimum atomic E-state index is -0.254. The molecule has 1 rings (SSSR count). The quantitative estimate of drug-likeness (QED) is 0.778. The van der Waals surface area contributed by atoms with Crippen LogP contribution in [-0.2, 0) is 0 Å². The highest BCUT2D eigenvalue weighted by molar-refractivity contribution is 5.67. The lowest BCUT2D eigenvalue weighted by Crippen LogP contribution is -2.33. The van der Waals surface area contributed by atoms with Crippen molar-refractivity contribution >= 4 is 11.4 Å². The van der Waals surface area contributed by atoms with Gasteiger partial charge in [0.05, 0.1) is 11.4 Å². The van der Waals surface area contributed by atoms with Crippen LogP contribution in [0, 0.1) is 18.7 Å². The zero-order valence-corrected chi connectivity index (χ0v) is 12.6. The first-order valence-corrected chi connectivity index (χ1v) is 6.76. The van der Waals surface area contributed by atoms with Crippen LogP contribution >= 0.6 is 0 Å². The van der Waals surface area contributed by atoms with Gasteiger partial charge >= 0.3 is 0 Å². The van der Waals surface area contributed by atoms with Gasteiger partial charge in [-0.25, -0.2) is 4.39 Å². The van der Waals surface area contributed by atoms with Crippen molar-refractivity contribution in [3.63, 3.8) is 0 Å². The Balaban J connectivity index is 2.86. The van der Waals surface area contributed by atoms with Gasteiger partial charge in [-0.05, 0) is 51.1 Å². The predicted molar refractivity (Wildman–Crippen MR) is 81.0 cm³/mol. The standard InChI is InChI=1S/C15H26FN3/c1-10(2)6-12(9-19(4)5)18-15-7-11(3)13(16)8-14(15)17/h7-8,10,12,18H,6,9,17H2,1-5H3. The minimum absolute atomic E-state index is 0.254. The summed E-state index contributed by atoms with van der Waals surface area (Å²) < 4.78 is 13.4. The van der Waals surface area contributed by atoms with Crippen molar-refractivity contribution in [1.29, 1.82) is 0 Å². The molecule has 3 N–H and O–H groups in total. The highest BCUT2D eigenvalue weighted by atomic mass is 19.1. The number of nitrogens with zero attached hydrogens (tertiary/aromatic N) is 1. The number of anilines is 2. The van der Waals surface area contributed by atoms with Crippen molar-refractivity contribution in [1.82, 2.24) is 4.90 Å². The van der Waals surface area contributed by atoms with Crippen molar-refractivity contribution in [3.05, 3.63) is 23.5 Å². The van der Waals surface area contributed by atoms with E-state index in [1.54, 1.807) is 13.0 Å². The lowest BCUT2D eigenvalue weighted by molar-refractivity contribution is 0.356. The SMILES string of the molecule is Cc1cc(NC(CC(C)C)CN(C)C)c(N)cc1F. The smallest absolute Gasteiger partial charge is 0.128 e. The lowest BCUT2D eigenvalue weighted by Gasteiger charge is -2.26. The third kappa shape index (κ3) is 5.07. The maximum atomic E-state index is 13.4. The Morgan fingerprint density at radius 2 is 1.95 bits per heavy atom. The first-order chi connectivity index (χ1) is 8.79. The summed E-state index contributed by atoms with van der Waals surface area (Å²) in [5.74, 6) is 0.344. The van der Waals surface area contributed by atoms with E-state index < -0.39 is 0 Å². The van der Waals surface area contributed by atoms with Crippen LogP contribution < -0.4 is 11.1 Å². The molecule has 0 bridgehead atoms. The second-order valence-corrected chi connectivity index (χ2v) is 5.92. The topological polar surface area (TPSA) is 41.3 Å². The highest BCUT2D eigenvalue weighted by Gasteiger charge is 2.14. The summed E-state index contributed by atoms with van der Waals surface area (Å²) in [5, 5.41) is 3.44. The summed E-state index contributed by atoms with van der Waals surface area (Å²) in [5.41, 5.74) is 7.79. The molecule has 0 fully saturated rings. The second kappa shape index (κ2) is 6.75. The fraction of sp³-hybridized carbons (Fsp3) is 0.600. The molecular weight excluding hydrogens is 241 g/mol. The van der Waals surface area contributed by atoms with Gasteiger partial charge in [0.25, 0.3) is 0 Å². The Morgan fingerprint density at radius 3 is 2.47 bits per heavy atom. The summed E-state index contributed by atoms with van der Waals surface area (Å²) in [6.07, 6.45) is 1.05. The van der Waals surface area contributed by atoms with Gasteiger partial charge in [-0.1, -0.05) is 13.8 Å². The van der Waals surface area contributed by atoms with Crippen molar-refractivity contribution in [3.8, 4) is 0 Å². The number of halogens is 1. The molecule has 19 heavy (non-hydrogen) atoms. The zero-order chi connectivity index (χ0) is 14.6. The van der Waals surface area contributed by atoms with Gasteiger partial charge in [0, 0.05) is 12.6 Å². The monoisotopic (exact) mass is 267 g/mol. The fourth-order valence-electron chi connectivity index (χ4n) is 2.23. The van der Waals surface area contributed by atoms with Crippen LogP contribution in [0.15, 0.2) is 12.1 Å². The number of nitrogen functional groups attached to an aromatic ring is 1. The molecule has 0 saturated carbocycles. The Kier molecular flexibility index (Phi) is 5.60. The molecule has 0 amide bonds. The maximum absolute atomic E-state index is 13.4. The van der Waals surface area contributed by atoms with Crippen molar-refractivity contribution in [2.75, 3.05) is 31.7 Å². The highest BCUT2D eigenvalue weighted by Crippen LogP contribution is 2.24.